The van der Waals surface area contributed by atoms with Gasteiger partial charge in [-0.1, -0.05) is 56.0 Å². The Labute approximate surface area is 176 Å². The average Bonchev–Trinajstić information content (AvgIpc) is 2.71. The van der Waals surface area contributed by atoms with Gasteiger partial charge in [-0.3, -0.25) is 9.59 Å². The standard InChI is InChI=1S/C22H24Cl2N2O2/c1-5-16-10-12-18(13-11-16)20(27)15-22(3,4)26(24)25(23)21(28)19-9-7-8-17(6-2)14-19/h6-14H,2,5,15H2,1,3-4H3. The number of amides is 1. The van der Waals surface area contributed by atoms with Gasteiger partial charge in [0.15, 0.2) is 5.78 Å². The van der Waals surface area contributed by atoms with Crippen molar-refractivity contribution >= 4 is 41.3 Å². The van der Waals surface area contributed by atoms with Crippen LogP contribution in [0.25, 0.3) is 6.08 Å². The molecule has 0 aliphatic carbocycles. The van der Waals surface area contributed by atoms with Crippen molar-refractivity contribution in [3.8, 4) is 0 Å². The Balaban J connectivity index is 2.12. The summed E-state index contributed by atoms with van der Waals surface area (Å²) in [5, 5.41) is 0. The predicted octanol–water partition coefficient (Wildman–Crippen LogP) is 5.91. The lowest BCUT2D eigenvalue weighted by Gasteiger charge is -2.35. The number of benzene rings is 2. The van der Waals surface area contributed by atoms with Crippen molar-refractivity contribution in [3.05, 3.63) is 77.4 Å². The molecule has 0 aliphatic rings. The number of aryl methyl sites for hydroxylation is 1. The zero-order valence-corrected chi connectivity index (χ0v) is 17.8. The zero-order chi connectivity index (χ0) is 20.9. The lowest BCUT2D eigenvalue weighted by atomic mass is 9.94. The molecule has 0 N–H and O–H groups in total. The molecule has 148 valence electrons. The van der Waals surface area contributed by atoms with Gasteiger partial charge in [0.05, 0.1) is 5.54 Å². The monoisotopic (exact) mass is 418 g/mol. The number of halogens is 2. The Bertz CT molecular complexity index is 863. The van der Waals surface area contributed by atoms with Gasteiger partial charge in [0.2, 0.25) is 0 Å². The molecule has 2 aromatic carbocycles. The summed E-state index contributed by atoms with van der Waals surface area (Å²) in [4.78, 5) is 25.3. The van der Waals surface area contributed by atoms with Gasteiger partial charge in [0.1, 0.15) is 0 Å². The maximum Gasteiger partial charge on any atom is 0.284 e. The largest absolute Gasteiger partial charge is 0.294 e. The molecule has 0 radical (unpaired) electrons. The number of hydrogen-bond donors (Lipinski definition) is 0. The summed E-state index contributed by atoms with van der Waals surface area (Å²) in [5.41, 5.74) is 2.03. The molecular formula is C22H24Cl2N2O2. The number of nitrogens with zero attached hydrogens (tertiary/aromatic N) is 2. The predicted molar refractivity (Wildman–Crippen MR) is 115 cm³/mol. The third-order valence-electron chi connectivity index (χ3n) is 4.47. The maximum absolute atomic E-state index is 12.7. The van der Waals surface area contributed by atoms with Gasteiger partial charge in [-0.2, -0.15) is 4.53 Å². The molecule has 0 bridgehead atoms. The molecule has 0 aliphatic heterocycles. The molecule has 4 nitrogen and oxygen atoms in total. The second-order valence-electron chi connectivity index (χ2n) is 7.12. The number of ketones is 1. The Kier molecular flexibility index (Phi) is 7.41. The summed E-state index contributed by atoms with van der Waals surface area (Å²) in [6, 6.07) is 14.4. The van der Waals surface area contributed by atoms with Gasteiger partial charge in [-0.15, -0.1) is 4.53 Å². The van der Waals surface area contributed by atoms with Gasteiger partial charge < -0.3 is 0 Å². The first-order chi connectivity index (χ1) is 13.2. The van der Waals surface area contributed by atoms with Gasteiger partial charge in [-0.05, 0) is 43.5 Å². The van der Waals surface area contributed by atoms with E-state index >= 15 is 0 Å². The van der Waals surface area contributed by atoms with Crippen LogP contribution in [0.5, 0.6) is 0 Å². The van der Waals surface area contributed by atoms with Crippen molar-refractivity contribution in [1.29, 1.82) is 0 Å². The summed E-state index contributed by atoms with van der Waals surface area (Å²) in [6.07, 6.45) is 2.64. The molecule has 0 atom stereocenters. The number of carbonyl (C=O) groups is 2. The summed E-state index contributed by atoms with van der Waals surface area (Å²) < 4.78 is 1.87. The fourth-order valence-corrected chi connectivity index (χ4v) is 3.14. The molecule has 0 heterocycles. The van der Waals surface area contributed by atoms with Gasteiger partial charge in [-0.25, -0.2) is 0 Å². The van der Waals surface area contributed by atoms with Crippen molar-refractivity contribution < 1.29 is 9.59 Å². The van der Waals surface area contributed by atoms with Crippen LogP contribution in [0.2, 0.25) is 0 Å². The minimum atomic E-state index is -0.893. The molecular weight excluding hydrogens is 395 g/mol. The van der Waals surface area contributed by atoms with E-state index in [0.717, 1.165) is 26.6 Å². The zero-order valence-electron chi connectivity index (χ0n) is 16.3. The van der Waals surface area contributed by atoms with Gasteiger partial charge >= 0.3 is 0 Å². The van der Waals surface area contributed by atoms with Gasteiger partial charge in [0.25, 0.3) is 5.91 Å². The van der Waals surface area contributed by atoms with Crippen LogP contribution in [-0.4, -0.2) is 26.3 Å². The number of hydrogen-bond acceptors (Lipinski definition) is 3. The fourth-order valence-electron chi connectivity index (χ4n) is 2.71. The van der Waals surface area contributed by atoms with E-state index in [4.69, 9.17) is 23.6 Å². The molecule has 0 saturated carbocycles. The summed E-state index contributed by atoms with van der Waals surface area (Å²) >= 11 is 12.6. The number of Topliss-reactive ketones (excluding diaryl/α,β-unsaturated/α-hetero) is 1. The van der Waals surface area contributed by atoms with Crippen LogP contribution < -0.4 is 0 Å². The van der Waals surface area contributed by atoms with E-state index < -0.39 is 11.4 Å². The van der Waals surface area contributed by atoms with Crippen LogP contribution in [0, 0.1) is 0 Å². The first-order valence-electron chi connectivity index (χ1n) is 9.00. The molecule has 0 saturated heterocycles. The Hall–Kier alpha value is -2.14. The maximum atomic E-state index is 12.7. The molecule has 28 heavy (non-hydrogen) atoms. The SMILES string of the molecule is C=Cc1cccc(C(=O)N(Cl)N(Cl)C(C)(C)CC(=O)c2ccc(CC)cc2)c1. The van der Waals surface area contributed by atoms with Crippen molar-refractivity contribution in [2.45, 2.75) is 39.2 Å². The summed E-state index contributed by atoms with van der Waals surface area (Å²) in [5.74, 6) is -0.572. The Morgan fingerprint density at radius 1 is 1.07 bits per heavy atom. The molecule has 2 rings (SSSR count). The summed E-state index contributed by atoms with van der Waals surface area (Å²) in [6.45, 7) is 9.25. The van der Waals surface area contributed by atoms with Crippen LogP contribution in [0.3, 0.4) is 0 Å². The van der Waals surface area contributed by atoms with Crippen LogP contribution >= 0.6 is 23.6 Å². The minimum absolute atomic E-state index is 0.0792. The van der Waals surface area contributed by atoms with Crippen molar-refractivity contribution in [1.82, 2.24) is 9.06 Å². The number of carbonyl (C=O) groups excluding carboxylic acids is 2. The number of rotatable bonds is 8. The first kappa shape index (κ1) is 22.2. The molecule has 6 heteroatoms. The van der Waals surface area contributed by atoms with Crippen LogP contribution in [-0.2, 0) is 6.42 Å². The van der Waals surface area contributed by atoms with Crippen LogP contribution in [0.1, 0.15) is 59.0 Å². The topological polar surface area (TPSA) is 40.6 Å². The first-order valence-corrected chi connectivity index (χ1v) is 9.68. The highest BCUT2D eigenvalue weighted by atomic mass is 35.5. The lowest BCUT2D eigenvalue weighted by Crippen LogP contribution is -2.48. The van der Waals surface area contributed by atoms with E-state index in [0.29, 0.717) is 11.1 Å². The van der Waals surface area contributed by atoms with Crippen LogP contribution in [0.15, 0.2) is 55.1 Å². The van der Waals surface area contributed by atoms with E-state index in [1.807, 2.05) is 18.2 Å². The molecule has 0 unspecified atom stereocenters. The van der Waals surface area contributed by atoms with E-state index in [1.165, 1.54) is 0 Å². The van der Waals surface area contributed by atoms with E-state index in [1.54, 1.807) is 50.3 Å². The smallest absolute Gasteiger partial charge is 0.284 e. The van der Waals surface area contributed by atoms with E-state index in [2.05, 4.69) is 13.5 Å². The third-order valence-corrected chi connectivity index (χ3v) is 5.46. The summed E-state index contributed by atoms with van der Waals surface area (Å²) in [7, 11) is 0. The Morgan fingerprint density at radius 3 is 2.29 bits per heavy atom. The normalized spacial score (nSPS) is 11.4. The molecule has 0 aromatic heterocycles. The van der Waals surface area contributed by atoms with Crippen molar-refractivity contribution in [3.63, 3.8) is 0 Å². The highest BCUT2D eigenvalue weighted by Crippen LogP contribution is 2.28. The van der Waals surface area contributed by atoms with Crippen LogP contribution in [0.4, 0.5) is 0 Å². The van der Waals surface area contributed by atoms with Crippen molar-refractivity contribution in [2.24, 2.45) is 0 Å². The highest BCUT2D eigenvalue weighted by Gasteiger charge is 2.35. The van der Waals surface area contributed by atoms with E-state index in [9.17, 15) is 9.59 Å². The quantitative estimate of drug-likeness (QED) is 0.303. The molecule has 0 spiro atoms. The Morgan fingerprint density at radius 2 is 1.71 bits per heavy atom. The minimum Gasteiger partial charge on any atom is -0.294 e. The molecule has 1 amide bonds. The number of hydrazine groups is 1. The third kappa shape index (κ3) is 5.22. The van der Waals surface area contributed by atoms with E-state index in [-0.39, 0.29) is 12.2 Å². The second kappa shape index (κ2) is 9.37. The molecule has 2 aromatic rings. The van der Waals surface area contributed by atoms with Gasteiger partial charge in [0, 0.05) is 41.1 Å². The second-order valence-corrected chi connectivity index (χ2v) is 7.76. The molecule has 0 fully saturated rings. The fraction of sp³-hybridized carbons (Fsp3) is 0.273. The van der Waals surface area contributed by atoms with Crippen molar-refractivity contribution in [2.75, 3.05) is 0 Å². The average molecular weight is 419 g/mol. The lowest BCUT2D eigenvalue weighted by molar-refractivity contribution is 0.0374. The highest BCUT2D eigenvalue weighted by molar-refractivity contribution is 6.27.